The van der Waals surface area contributed by atoms with Crippen LogP contribution < -0.4 is 0 Å². The van der Waals surface area contributed by atoms with Crippen LogP contribution in [0, 0.1) is 0 Å². The van der Waals surface area contributed by atoms with Crippen LogP contribution in [0.1, 0.15) is 30.1 Å². The van der Waals surface area contributed by atoms with E-state index in [1.807, 2.05) is 6.92 Å². The van der Waals surface area contributed by atoms with Crippen LogP contribution in [-0.4, -0.2) is 48.6 Å². The fraction of sp³-hybridized carbons (Fsp3) is 0.545. The van der Waals surface area contributed by atoms with Crippen LogP contribution in [0.5, 0.6) is 0 Å². The van der Waals surface area contributed by atoms with Crippen molar-refractivity contribution in [1.29, 1.82) is 0 Å². The third-order valence-corrected chi connectivity index (χ3v) is 5.84. The van der Waals surface area contributed by atoms with E-state index < -0.39 is 16.0 Å². The maximum atomic E-state index is 12.3. The Kier molecular flexibility index (Phi) is 5.92. The molecule has 1 aromatic rings. The van der Waals surface area contributed by atoms with Crippen LogP contribution >= 0.6 is 11.3 Å². The van der Waals surface area contributed by atoms with Crippen molar-refractivity contribution in [3.8, 4) is 0 Å². The summed E-state index contributed by atoms with van der Waals surface area (Å²) in [6, 6.07) is 1.15. The van der Waals surface area contributed by atoms with Gasteiger partial charge in [-0.3, -0.25) is 0 Å². The van der Waals surface area contributed by atoms with Crippen molar-refractivity contribution in [2.24, 2.45) is 0 Å². The summed E-state index contributed by atoms with van der Waals surface area (Å²) in [5.74, 6) is -1.15. The van der Waals surface area contributed by atoms with Crippen molar-refractivity contribution in [1.82, 2.24) is 4.31 Å². The minimum atomic E-state index is -3.72. The van der Waals surface area contributed by atoms with E-state index in [0.29, 0.717) is 13.0 Å². The predicted molar refractivity (Wildman–Crippen MR) is 72.0 cm³/mol. The molecule has 0 aliphatic carbocycles. The third kappa shape index (κ3) is 4.00. The zero-order valence-corrected chi connectivity index (χ0v) is 12.2. The highest BCUT2D eigenvalue weighted by Crippen LogP contribution is 2.24. The molecule has 0 fully saturated rings. The minimum absolute atomic E-state index is 0.00514. The van der Waals surface area contributed by atoms with Crippen molar-refractivity contribution in [3.05, 3.63) is 17.0 Å². The SMILES string of the molecule is CCCCN(CCO)S(=O)(=O)c1cc(C(=O)O)cs1. The Morgan fingerprint density at radius 3 is 2.58 bits per heavy atom. The first-order chi connectivity index (χ1) is 8.93. The molecule has 8 heteroatoms. The van der Waals surface area contributed by atoms with Gasteiger partial charge in [-0.2, -0.15) is 4.31 Å². The second kappa shape index (κ2) is 6.99. The molecule has 0 spiro atoms. The summed E-state index contributed by atoms with van der Waals surface area (Å²) in [5, 5.41) is 19.0. The van der Waals surface area contributed by atoms with E-state index in [0.717, 1.165) is 23.8 Å². The zero-order chi connectivity index (χ0) is 14.5. The summed E-state index contributed by atoms with van der Waals surface area (Å²) in [5.41, 5.74) is -0.0389. The van der Waals surface area contributed by atoms with Crippen LogP contribution in [0.25, 0.3) is 0 Å². The molecule has 0 aromatic carbocycles. The smallest absolute Gasteiger partial charge is 0.336 e. The molecule has 1 heterocycles. The average Bonchev–Trinajstić information content (AvgIpc) is 2.84. The van der Waals surface area contributed by atoms with Crippen molar-refractivity contribution in [2.45, 2.75) is 24.0 Å². The Morgan fingerprint density at radius 1 is 1.42 bits per heavy atom. The van der Waals surface area contributed by atoms with Gasteiger partial charge in [-0.15, -0.1) is 11.3 Å². The van der Waals surface area contributed by atoms with E-state index in [1.165, 1.54) is 9.69 Å². The van der Waals surface area contributed by atoms with Crippen LogP contribution in [0.2, 0.25) is 0 Å². The number of thiophene rings is 1. The molecule has 1 rings (SSSR count). The van der Waals surface area contributed by atoms with Crippen LogP contribution in [-0.2, 0) is 10.0 Å². The van der Waals surface area contributed by atoms with Gasteiger partial charge in [0.15, 0.2) is 0 Å². The lowest BCUT2D eigenvalue weighted by Crippen LogP contribution is -2.34. The molecule has 0 saturated heterocycles. The van der Waals surface area contributed by atoms with Crippen molar-refractivity contribution < 1.29 is 23.4 Å². The van der Waals surface area contributed by atoms with E-state index in [2.05, 4.69) is 0 Å². The van der Waals surface area contributed by atoms with Gasteiger partial charge in [-0.05, 0) is 12.5 Å². The highest BCUT2D eigenvalue weighted by Gasteiger charge is 2.26. The lowest BCUT2D eigenvalue weighted by atomic mass is 10.3. The number of unbranched alkanes of at least 4 members (excludes halogenated alkanes) is 1. The van der Waals surface area contributed by atoms with Gasteiger partial charge in [-0.25, -0.2) is 13.2 Å². The van der Waals surface area contributed by atoms with E-state index in [-0.39, 0.29) is 22.9 Å². The standard InChI is InChI=1S/C11H17NO5S2/c1-2-3-4-12(5-6-13)19(16,17)10-7-9(8-18-10)11(14)15/h7-8,13H,2-6H2,1H3,(H,14,15). The second-order valence-electron chi connectivity index (χ2n) is 3.94. The number of carbonyl (C=O) groups is 1. The maximum absolute atomic E-state index is 12.3. The predicted octanol–water partition coefficient (Wildman–Crippen LogP) is 1.23. The van der Waals surface area contributed by atoms with E-state index in [4.69, 9.17) is 10.2 Å². The Morgan fingerprint density at radius 2 is 2.11 bits per heavy atom. The molecular formula is C11H17NO5S2. The van der Waals surface area contributed by atoms with Crippen molar-refractivity contribution >= 4 is 27.3 Å². The van der Waals surface area contributed by atoms with E-state index in [1.54, 1.807) is 0 Å². The third-order valence-electron chi connectivity index (χ3n) is 2.53. The number of hydrogen-bond donors (Lipinski definition) is 2. The summed E-state index contributed by atoms with van der Waals surface area (Å²) in [6.45, 7) is 2.01. The summed E-state index contributed by atoms with van der Waals surface area (Å²) >= 11 is 0.880. The van der Waals surface area contributed by atoms with E-state index in [9.17, 15) is 13.2 Å². The minimum Gasteiger partial charge on any atom is -0.478 e. The molecule has 0 aliphatic heterocycles. The largest absolute Gasteiger partial charge is 0.478 e. The van der Waals surface area contributed by atoms with Gasteiger partial charge in [-0.1, -0.05) is 13.3 Å². The highest BCUT2D eigenvalue weighted by molar-refractivity contribution is 7.91. The Labute approximate surface area is 116 Å². The van der Waals surface area contributed by atoms with Crippen LogP contribution in [0.15, 0.2) is 15.7 Å². The number of hydrogen-bond acceptors (Lipinski definition) is 5. The maximum Gasteiger partial charge on any atom is 0.336 e. The molecule has 108 valence electrons. The summed E-state index contributed by atoms with van der Waals surface area (Å²) in [7, 11) is -3.72. The molecule has 0 unspecified atom stereocenters. The molecule has 0 saturated carbocycles. The monoisotopic (exact) mass is 307 g/mol. The molecule has 2 N–H and O–H groups in total. The van der Waals surface area contributed by atoms with Gasteiger partial charge in [0, 0.05) is 18.5 Å². The first kappa shape index (κ1) is 16.1. The quantitative estimate of drug-likeness (QED) is 0.753. The summed E-state index contributed by atoms with van der Waals surface area (Å²) in [4.78, 5) is 10.8. The topological polar surface area (TPSA) is 94.9 Å². The Hall–Kier alpha value is -0.960. The van der Waals surface area contributed by atoms with Gasteiger partial charge in [0.25, 0.3) is 10.0 Å². The van der Waals surface area contributed by atoms with Crippen molar-refractivity contribution in [3.63, 3.8) is 0 Å². The van der Waals surface area contributed by atoms with Gasteiger partial charge in [0.1, 0.15) is 4.21 Å². The molecule has 0 radical (unpaired) electrons. The molecule has 0 aliphatic rings. The number of carboxylic acids is 1. The molecule has 6 nitrogen and oxygen atoms in total. The number of aliphatic hydroxyl groups is 1. The molecular weight excluding hydrogens is 290 g/mol. The number of rotatable bonds is 8. The second-order valence-corrected chi connectivity index (χ2v) is 7.02. The number of sulfonamides is 1. The van der Waals surface area contributed by atoms with E-state index >= 15 is 0 Å². The molecule has 1 aromatic heterocycles. The number of nitrogens with zero attached hydrogens (tertiary/aromatic N) is 1. The molecule has 0 amide bonds. The first-order valence-corrected chi connectivity index (χ1v) is 8.18. The molecule has 19 heavy (non-hydrogen) atoms. The normalized spacial score (nSPS) is 11.9. The highest BCUT2D eigenvalue weighted by atomic mass is 32.2. The Bertz CT molecular complexity index is 523. The molecule has 0 atom stereocenters. The number of aromatic carboxylic acids is 1. The zero-order valence-electron chi connectivity index (χ0n) is 10.6. The average molecular weight is 307 g/mol. The lowest BCUT2D eigenvalue weighted by molar-refractivity contribution is 0.0697. The summed E-state index contributed by atoms with van der Waals surface area (Å²) in [6.07, 6.45) is 1.53. The number of carboxylic acid groups (broad SMARTS) is 1. The lowest BCUT2D eigenvalue weighted by Gasteiger charge is -2.19. The van der Waals surface area contributed by atoms with Crippen LogP contribution in [0.3, 0.4) is 0 Å². The molecule has 0 bridgehead atoms. The fourth-order valence-electron chi connectivity index (χ4n) is 1.49. The van der Waals surface area contributed by atoms with Gasteiger partial charge in [0.05, 0.1) is 12.2 Å². The first-order valence-electron chi connectivity index (χ1n) is 5.86. The van der Waals surface area contributed by atoms with Crippen LogP contribution in [0.4, 0.5) is 0 Å². The summed E-state index contributed by atoms with van der Waals surface area (Å²) < 4.78 is 25.8. The Balaban J connectivity index is 3.00. The van der Waals surface area contributed by atoms with Gasteiger partial charge < -0.3 is 10.2 Å². The van der Waals surface area contributed by atoms with Gasteiger partial charge in [0.2, 0.25) is 0 Å². The number of aliphatic hydroxyl groups excluding tert-OH is 1. The van der Waals surface area contributed by atoms with Crippen molar-refractivity contribution in [2.75, 3.05) is 19.7 Å². The fourth-order valence-corrected chi connectivity index (χ4v) is 4.27. The van der Waals surface area contributed by atoms with Gasteiger partial charge >= 0.3 is 5.97 Å².